The Balaban J connectivity index is 1.46. The van der Waals surface area contributed by atoms with Gasteiger partial charge < -0.3 is 9.64 Å². The van der Waals surface area contributed by atoms with E-state index in [1.54, 1.807) is 23.1 Å². The lowest BCUT2D eigenvalue weighted by molar-refractivity contribution is -0.0174. The molecule has 3 heterocycles. The first-order valence-electron chi connectivity index (χ1n) is 8.69. The van der Waals surface area contributed by atoms with E-state index in [1.807, 2.05) is 18.5 Å². The summed E-state index contributed by atoms with van der Waals surface area (Å²) in [5.74, 6) is 1.83. The Morgan fingerprint density at radius 2 is 2.08 bits per heavy atom. The van der Waals surface area contributed by atoms with Crippen molar-refractivity contribution >= 4 is 28.9 Å². The number of ether oxygens (including phenoxy) is 1. The van der Waals surface area contributed by atoms with Gasteiger partial charge in [0.25, 0.3) is 0 Å². The normalized spacial score (nSPS) is 20.3. The molecule has 2 aromatic heterocycles. The van der Waals surface area contributed by atoms with E-state index >= 15 is 0 Å². The van der Waals surface area contributed by atoms with Crippen LogP contribution >= 0.6 is 23.1 Å². The number of rotatable bonds is 5. The number of hydrogen-bond acceptors (Lipinski definition) is 6. The van der Waals surface area contributed by atoms with E-state index in [1.165, 1.54) is 11.1 Å². The minimum absolute atomic E-state index is 0.0902. The fraction of sp³-hybridized carbons (Fsp3) is 0.300. The lowest BCUT2D eigenvalue weighted by Crippen LogP contribution is -2.43. The summed E-state index contributed by atoms with van der Waals surface area (Å²) in [5, 5.41) is 5.22. The maximum Gasteiger partial charge on any atom is 0.148 e. The molecule has 4 rings (SSSR count). The minimum atomic E-state index is 0.0902. The zero-order chi connectivity index (χ0) is 17.8. The SMILES string of the molecule is CC1CN(c2cncc(SCc3ccccc3)n2)CC(c2ccsc2)O1. The molecule has 0 spiro atoms. The standard InChI is InChI=1S/C20H21N3OS2/c1-15-11-23(12-18(24-15)17-7-8-25-14-17)19-9-21-10-20(22-19)26-13-16-5-3-2-4-6-16/h2-10,14-15,18H,11-13H2,1H3. The van der Waals surface area contributed by atoms with Gasteiger partial charge in [-0.05, 0) is 34.9 Å². The molecule has 1 aliphatic heterocycles. The number of benzene rings is 1. The maximum atomic E-state index is 6.13. The van der Waals surface area contributed by atoms with Gasteiger partial charge in [0.2, 0.25) is 0 Å². The summed E-state index contributed by atoms with van der Waals surface area (Å²) in [6.07, 6.45) is 3.95. The van der Waals surface area contributed by atoms with Gasteiger partial charge in [-0.2, -0.15) is 11.3 Å². The molecule has 0 N–H and O–H groups in total. The lowest BCUT2D eigenvalue weighted by Gasteiger charge is -2.37. The second-order valence-corrected chi connectivity index (χ2v) is 8.16. The lowest BCUT2D eigenvalue weighted by atomic mass is 10.1. The molecule has 0 aliphatic carbocycles. The number of morpholine rings is 1. The third kappa shape index (κ3) is 4.26. The molecule has 1 fully saturated rings. The molecule has 2 atom stereocenters. The number of anilines is 1. The Labute approximate surface area is 162 Å². The Bertz CT molecular complexity index is 826. The molecule has 2 unspecified atom stereocenters. The summed E-state index contributed by atoms with van der Waals surface area (Å²) in [5.41, 5.74) is 2.54. The van der Waals surface area contributed by atoms with Gasteiger partial charge in [-0.1, -0.05) is 30.3 Å². The molecule has 6 heteroatoms. The van der Waals surface area contributed by atoms with Crippen molar-refractivity contribution in [1.82, 2.24) is 9.97 Å². The van der Waals surface area contributed by atoms with Crippen molar-refractivity contribution in [1.29, 1.82) is 0 Å². The van der Waals surface area contributed by atoms with Crippen molar-refractivity contribution in [2.45, 2.75) is 29.9 Å². The fourth-order valence-electron chi connectivity index (χ4n) is 3.07. The highest BCUT2D eigenvalue weighted by molar-refractivity contribution is 7.98. The molecule has 26 heavy (non-hydrogen) atoms. The predicted octanol–water partition coefficient (Wildman–Crippen LogP) is 4.80. The van der Waals surface area contributed by atoms with Crippen LogP contribution in [0.3, 0.4) is 0 Å². The Kier molecular flexibility index (Phi) is 5.53. The summed E-state index contributed by atoms with van der Waals surface area (Å²) in [6.45, 7) is 3.76. The number of thiophene rings is 1. The van der Waals surface area contributed by atoms with Crippen LogP contribution in [0.4, 0.5) is 5.82 Å². The van der Waals surface area contributed by atoms with Crippen molar-refractivity contribution in [3.05, 3.63) is 70.7 Å². The van der Waals surface area contributed by atoms with Gasteiger partial charge >= 0.3 is 0 Å². The highest BCUT2D eigenvalue weighted by atomic mass is 32.2. The van der Waals surface area contributed by atoms with Crippen molar-refractivity contribution in [3.63, 3.8) is 0 Å². The number of aromatic nitrogens is 2. The second-order valence-electron chi connectivity index (χ2n) is 6.39. The van der Waals surface area contributed by atoms with E-state index in [0.29, 0.717) is 0 Å². The average Bonchev–Trinajstić information content (AvgIpc) is 3.22. The van der Waals surface area contributed by atoms with Gasteiger partial charge in [-0.15, -0.1) is 11.8 Å². The van der Waals surface area contributed by atoms with Crippen molar-refractivity contribution in [2.24, 2.45) is 0 Å². The van der Waals surface area contributed by atoms with E-state index in [2.05, 4.69) is 57.9 Å². The molecule has 4 nitrogen and oxygen atoms in total. The van der Waals surface area contributed by atoms with E-state index in [4.69, 9.17) is 9.72 Å². The van der Waals surface area contributed by atoms with Crippen LogP contribution in [0.1, 0.15) is 24.2 Å². The molecule has 3 aromatic rings. The van der Waals surface area contributed by atoms with Crippen molar-refractivity contribution in [2.75, 3.05) is 18.0 Å². The zero-order valence-corrected chi connectivity index (χ0v) is 16.2. The van der Waals surface area contributed by atoms with Crippen LogP contribution in [0.5, 0.6) is 0 Å². The molecule has 1 aliphatic rings. The van der Waals surface area contributed by atoms with Crippen LogP contribution in [0, 0.1) is 0 Å². The van der Waals surface area contributed by atoms with Crippen LogP contribution in [-0.2, 0) is 10.5 Å². The summed E-state index contributed by atoms with van der Waals surface area (Å²) < 4.78 is 6.13. The first-order valence-corrected chi connectivity index (χ1v) is 10.6. The van der Waals surface area contributed by atoms with Crippen molar-refractivity contribution in [3.8, 4) is 0 Å². The van der Waals surface area contributed by atoms with Gasteiger partial charge in [0.15, 0.2) is 0 Å². The van der Waals surface area contributed by atoms with Gasteiger partial charge in [0.1, 0.15) is 16.9 Å². The summed E-state index contributed by atoms with van der Waals surface area (Å²) >= 11 is 3.43. The van der Waals surface area contributed by atoms with Gasteiger partial charge in [0, 0.05) is 18.8 Å². The molecule has 0 amide bonds. The van der Waals surface area contributed by atoms with Gasteiger partial charge in [0.05, 0.1) is 18.5 Å². The van der Waals surface area contributed by atoms with Crippen LogP contribution in [0.15, 0.2) is 64.6 Å². The number of hydrogen-bond donors (Lipinski definition) is 0. The highest BCUT2D eigenvalue weighted by Crippen LogP contribution is 2.30. The van der Waals surface area contributed by atoms with E-state index in [-0.39, 0.29) is 12.2 Å². The summed E-state index contributed by atoms with van der Waals surface area (Å²) in [7, 11) is 0. The smallest absolute Gasteiger partial charge is 0.148 e. The Hall–Kier alpha value is -1.89. The third-order valence-corrected chi connectivity index (χ3v) is 6.00. The van der Waals surface area contributed by atoms with Crippen LogP contribution in [0.25, 0.3) is 0 Å². The molecular formula is C20H21N3OS2. The van der Waals surface area contributed by atoms with E-state index in [0.717, 1.165) is 29.7 Å². The Morgan fingerprint density at radius 1 is 1.19 bits per heavy atom. The van der Waals surface area contributed by atoms with E-state index in [9.17, 15) is 0 Å². The quantitative estimate of drug-likeness (QED) is 0.592. The average molecular weight is 384 g/mol. The van der Waals surface area contributed by atoms with Gasteiger partial charge in [-0.3, -0.25) is 4.98 Å². The fourth-order valence-corrected chi connectivity index (χ4v) is 4.57. The molecule has 0 bridgehead atoms. The first-order chi connectivity index (χ1) is 12.8. The van der Waals surface area contributed by atoms with Gasteiger partial charge in [-0.25, -0.2) is 4.98 Å². The minimum Gasteiger partial charge on any atom is -0.367 e. The molecule has 0 saturated carbocycles. The molecular weight excluding hydrogens is 362 g/mol. The predicted molar refractivity (Wildman–Crippen MR) is 108 cm³/mol. The summed E-state index contributed by atoms with van der Waals surface area (Å²) in [4.78, 5) is 11.5. The number of nitrogens with zero attached hydrogens (tertiary/aromatic N) is 3. The highest BCUT2D eigenvalue weighted by Gasteiger charge is 2.27. The van der Waals surface area contributed by atoms with Crippen LogP contribution in [0.2, 0.25) is 0 Å². The second kappa shape index (κ2) is 8.20. The van der Waals surface area contributed by atoms with Crippen LogP contribution in [-0.4, -0.2) is 29.2 Å². The van der Waals surface area contributed by atoms with Crippen LogP contribution < -0.4 is 4.90 Å². The Morgan fingerprint density at radius 3 is 2.88 bits per heavy atom. The first kappa shape index (κ1) is 17.5. The molecule has 1 aromatic carbocycles. The van der Waals surface area contributed by atoms with Crippen molar-refractivity contribution < 1.29 is 4.74 Å². The monoisotopic (exact) mass is 383 g/mol. The summed E-state index contributed by atoms with van der Waals surface area (Å²) in [6, 6.07) is 12.6. The molecule has 1 saturated heterocycles. The van der Waals surface area contributed by atoms with E-state index < -0.39 is 0 Å². The number of thioether (sulfide) groups is 1. The molecule has 0 radical (unpaired) electrons. The third-order valence-electron chi connectivity index (χ3n) is 4.33. The maximum absolute atomic E-state index is 6.13. The largest absolute Gasteiger partial charge is 0.367 e. The zero-order valence-electron chi connectivity index (χ0n) is 14.6. The molecule has 134 valence electrons. The topological polar surface area (TPSA) is 38.2 Å².